The molecular formula is C10H11N3O2S2. The lowest BCUT2D eigenvalue weighted by Gasteiger charge is -2.17. The normalized spacial score (nSPS) is 19.6. The second-order valence-electron chi connectivity index (χ2n) is 3.60. The molecule has 0 saturated carbocycles. The monoisotopic (exact) mass is 269 g/mol. The van der Waals surface area contributed by atoms with Crippen molar-refractivity contribution in [3.05, 3.63) is 29.8 Å². The van der Waals surface area contributed by atoms with E-state index >= 15 is 0 Å². The Labute approximate surface area is 105 Å². The molecule has 17 heavy (non-hydrogen) atoms. The Balaban J connectivity index is 2.49. The van der Waals surface area contributed by atoms with Gasteiger partial charge in [-0.15, -0.1) is 0 Å². The van der Waals surface area contributed by atoms with Crippen molar-refractivity contribution >= 4 is 32.9 Å². The van der Waals surface area contributed by atoms with Crippen molar-refractivity contribution in [2.75, 3.05) is 5.75 Å². The molecule has 0 spiro atoms. The van der Waals surface area contributed by atoms with E-state index in [4.69, 9.17) is 5.73 Å². The van der Waals surface area contributed by atoms with Gasteiger partial charge >= 0.3 is 0 Å². The SMILES string of the molecule is NC(=S)N/N=C1\CCS(=O)(=O)c2ccccc21. The predicted molar refractivity (Wildman–Crippen MR) is 69.6 cm³/mol. The molecule has 0 aliphatic carbocycles. The van der Waals surface area contributed by atoms with Crippen LogP contribution < -0.4 is 11.2 Å². The van der Waals surface area contributed by atoms with E-state index in [1.165, 1.54) is 0 Å². The molecule has 90 valence electrons. The predicted octanol–water partition coefficient (Wildman–Crippen LogP) is 0.401. The summed E-state index contributed by atoms with van der Waals surface area (Å²) in [6.07, 6.45) is 0.356. The zero-order valence-electron chi connectivity index (χ0n) is 8.88. The van der Waals surface area contributed by atoms with Crippen LogP contribution in [-0.4, -0.2) is 25.0 Å². The van der Waals surface area contributed by atoms with Crippen LogP contribution in [0.3, 0.4) is 0 Å². The van der Waals surface area contributed by atoms with Crippen LogP contribution in [0.1, 0.15) is 12.0 Å². The molecule has 0 aromatic heterocycles. The summed E-state index contributed by atoms with van der Waals surface area (Å²) in [5.74, 6) is 0.0574. The van der Waals surface area contributed by atoms with Gasteiger partial charge in [0.1, 0.15) is 0 Å². The van der Waals surface area contributed by atoms with Gasteiger partial charge in [0.05, 0.1) is 16.4 Å². The molecular weight excluding hydrogens is 258 g/mol. The summed E-state index contributed by atoms with van der Waals surface area (Å²) in [6, 6.07) is 6.78. The van der Waals surface area contributed by atoms with Crippen LogP contribution in [0.2, 0.25) is 0 Å². The number of hydrazone groups is 1. The maximum absolute atomic E-state index is 11.8. The number of nitrogens with zero attached hydrogens (tertiary/aromatic N) is 1. The maximum Gasteiger partial charge on any atom is 0.184 e. The molecule has 0 fully saturated rings. The number of rotatable bonds is 1. The molecule has 1 aromatic rings. The fourth-order valence-electron chi connectivity index (χ4n) is 1.69. The molecule has 7 heteroatoms. The van der Waals surface area contributed by atoms with E-state index in [9.17, 15) is 8.42 Å². The smallest absolute Gasteiger partial charge is 0.184 e. The van der Waals surface area contributed by atoms with E-state index in [0.29, 0.717) is 22.6 Å². The molecule has 0 amide bonds. The third kappa shape index (κ3) is 2.45. The standard InChI is InChI=1S/C10H11N3O2S2/c11-10(16)13-12-8-5-6-17(14,15)9-4-2-1-3-7(8)9/h1-4H,5-6H2,(H3,11,13,16)/b12-8+. The van der Waals surface area contributed by atoms with Gasteiger partial charge in [-0.1, -0.05) is 18.2 Å². The van der Waals surface area contributed by atoms with Crippen LogP contribution in [0.4, 0.5) is 0 Å². The molecule has 0 bridgehead atoms. The molecule has 5 nitrogen and oxygen atoms in total. The average Bonchev–Trinajstić information content (AvgIpc) is 2.28. The summed E-state index contributed by atoms with van der Waals surface area (Å²) >= 11 is 4.65. The van der Waals surface area contributed by atoms with Gasteiger partial charge in [-0.05, 0) is 18.3 Å². The Morgan fingerprint density at radius 3 is 2.82 bits per heavy atom. The Bertz CT molecular complexity index is 593. The van der Waals surface area contributed by atoms with Gasteiger partial charge in [0.15, 0.2) is 14.9 Å². The molecule has 1 aliphatic rings. The second kappa shape index (κ2) is 4.42. The summed E-state index contributed by atoms with van der Waals surface area (Å²) in [7, 11) is -3.19. The van der Waals surface area contributed by atoms with E-state index in [2.05, 4.69) is 22.7 Å². The van der Waals surface area contributed by atoms with Gasteiger partial charge < -0.3 is 5.73 Å². The summed E-state index contributed by atoms with van der Waals surface area (Å²) in [6.45, 7) is 0. The fourth-order valence-corrected chi connectivity index (χ4v) is 3.23. The lowest BCUT2D eigenvalue weighted by atomic mass is 10.1. The first-order chi connectivity index (χ1) is 8.00. The Morgan fingerprint density at radius 1 is 1.41 bits per heavy atom. The number of hydrogen-bond donors (Lipinski definition) is 2. The quantitative estimate of drug-likeness (QED) is 0.569. The van der Waals surface area contributed by atoms with E-state index in [0.717, 1.165) is 0 Å². The van der Waals surface area contributed by atoms with Crippen LogP contribution in [-0.2, 0) is 9.84 Å². The fraction of sp³-hybridized carbons (Fsp3) is 0.200. The third-order valence-corrected chi connectivity index (χ3v) is 4.30. The molecule has 0 radical (unpaired) electrons. The Kier molecular flexibility index (Phi) is 3.12. The summed E-state index contributed by atoms with van der Waals surface area (Å²) in [5.41, 5.74) is 9.03. The number of thiocarbonyl (C=S) groups is 1. The highest BCUT2D eigenvalue weighted by molar-refractivity contribution is 7.91. The van der Waals surface area contributed by atoms with E-state index in [-0.39, 0.29) is 10.9 Å². The first-order valence-electron chi connectivity index (χ1n) is 4.95. The minimum Gasteiger partial charge on any atom is -0.375 e. The highest BCUT2D eigenvalue weighted by atomic mass is 32.2. The molecule has 1 heterocycles. The Morgan fingerprint density at radius 2 is 2.12 bits per heavy atom. The van der Waals surface area contributed by atoms with Crippen molar-refractivity contribution in [1.29, 1.82) is 0 Å². The molecule has 0 unspecified atom stereocenters. The molecule has 0 saturated heterocycles. The van der Waals surface area contributed by atoms with Crippen LogP contribution in [0.5, 0.6) is 0 Å². The van der Waals surface area contributed by atoms with Gasteiger partial charge in [0.2, 0.25) is 0 Å². The lowest BCUT2D eigenvalue weighted by molar-refractivity contribution is 0.594. The van der Waals surface area contributed by atoms with Gasteiger partial charge in [-0.3, -0.25) is 5.43 Å². The summed E-state index contributed by atoms with van der Waals surface area (Å²) in [4.78, 5) is 0.315. The first kappa shape index (κ1) is 12.0. The highest BCUT2D eigenvalue weighted by Crippen LogP contribution is 2.24. The third-order valence-electron chi connectivity index (χ3n) is 2.44. The molecule has 3 N–H and O–H groups in total. The topological polar surface area (TPSA) is 84.5 Å². The van der Waals surface area contributed by atoms with Crippen LogP contribution in [0.25, 0.3) is 0 Å². The van der Waals surface area contributed by atoms with Crippen LogP contribution in [0.15, 0.2) is 34.3 Å². The van der Waals surface area contributed by atoms with Crippen molar-refractivity contribution in [2.24, 2.45) is 10.8 Å². The van der Waals surface area contributed by atoms with Crippen molar-refractivity contribution in [1.82, 2.24) is 5.43 Å². The number of sulfone groups is 1. The van der Waals surface area contributed by atoms with E-state index < -0.39 is 9.84 Å². The van der Waals surface area contributed by atoms with Crippen LogP contribution >= 0.6 is 12.2 Å². The largest absolute Gasteiger partial charge is 0.375 e. The average molecular weight is 269 g/mol. The van der Waals surface area contributed by atoms with Crippen molar-refractivity contribution in [3.8, 4) is 0 Å². The van der Waals surface area contributed by atoms with E-state index in [1.807, 2.05) is 0 Å². The van der Waals surface area contributed by atoms with Crippen molar-refractivity contribution in [2.45, 2.75) is 11.3 Å². The van der Waals surface area contributed by atoms with Gasteiger partial charge in [0, 0.05) is 12.0 Å². The first-order valence-corrected chi connectivity index (χ1v) is 7.01. The zero-order valence-corrected chi connectivity index (χ0v) is 10.5. The minimum atomic E-state index is -3.19. The Hall–Kier alpha value is -1.47. The molecule has 0 atom stereocenters. The number of nitrogens with two attached hydrogens (primary N) is 1. The van der Waals surface area contributed by atoms with Gasteiger partial charge in [-0.2, -0.15) is 5.10 Å². The van der Waals surface area contributed by atoms with Gasteiger partial charge in [0.25, 0.3) is 0 Å². The lowest BCUT2D eigenvalue weighted by Crippen LogP contribution is -2.28. The summed E-state index contributed by atoms with van der Waals surface area (Å²) < 4.78 is 23.7. The number of benzene rings is 1. The van der Waals surface area contributed by atoms with Crippen LogP contribution in [0, 0.1) is 0 Å². The molecule has 2 rings (SSSR count). The number of fused-ring (bicyclic) bond motifs is 1. The van der Waals surface area contributed by atoms with Crippen molar-refractivity contribution < 1.29 is 8.42 Å². The minimum absolute atomic E-state index is 0.0574. The molecule has 1 aromatic carbocycles. The molecule has 1 aliphatic heterocycles. The number of nitrogens with one attached hydrogen (secondary N) is 1. The van der Waals surface area contributed by atoms with E-state index in [1.54, 1.807) is 24.3 Å². The second-order valence-corrected chi connectivity index (χ2v) is 6.12. The maximum atomic E-state index is 11.8. The zero-order chi connectivity index (χ0) is 12.5. The number of hydrogen-bond acceptors (Lipinski definition) is 4. The van der Waals surface area contributed by atoms with Gasteiger partial charge in [-0.25, -0.2) is 8.42 Å². The van der Waals surface area contributed by atoms with Crippen molar-refractivity contribution in [3.63, 3.8) is 0 Å². The summed E-state index contributed by atoms with van der Waals surface area (Å²) in [5, 5.41) is 4.08. The highest BCUT2D eigenvalue weighted by Gasteiger charge is 2.27.